The molecule has 3 fully saturated rings. The molecule has 1 aliphatic carbocycles. The number of hydrogen-bond donors (Lipinski definition) is 0. The van der Waals surface area contributed by atoms with Gasteiger partial charge in [0.15, 0.2) is 17.9 Å². The molecule has 1 aromatic carbocycles. The van der Waals surface area contributed by atoms with Crippen molar-refractivity contribution in [3.05, 3.63) is 35.9 Å². The minimum atomic E-state index is -0.856. The fraction of sp³-hybridized carbons (Fsp3) is 0.600. The van der Waals surface area contributed by atoms with Crippen LogP contribution in [0.2, 0.25) is 0 Å². The van der Waals surface area contributed by atoms with Crippen LogP contribution in [0.3, 0.4) is 0 Å². The molecule has 0 unspecified atom stereocenters. The SMILES string of the molecule is CCOC(=O)[C@H]1C(=O)[C@H]2O[C@@H]3OC(C)(C)O[C@@H]3[C@@H]2C[C@@H]1c1ccccc1. The van der Waals surface area contributed by atoms with Gasteiger partial charge in [0, 0.05) is 11.8 Å². The summed E-state index contributed by atoms with van der Waals surface area (Å²) in [7, 11) is 0. The Labute approximate surface area is 152 Å². The zero-order valence-electron chi connectivity index (χ0n) is 15.2. The molecule has 6 nitrogen and oxygen atoms in total. The summed E-state index contributed by atoms with van der Waals surface area (Å²) in [5.41, 5.74) is 0.957. The Morgan fingerprint density at radius 2 is 1.96 bits per heavy atom. The number of ether oxygens (including phenoxy) is 4. The van der Waals surface area contributed by atoms with Crippen LogP contribution in [0.15, 0.2) is 30.3 Å². The van der Waals surface area contributed by atoms with Crippen LogP contribution < -0.4 is 0 Å². The quantitative estimate of drug-likeness (QED) is 0.609. The van der Waals surface area contributed by atoms with Crippen LogP contribution in [0, 0.1) is 11.8 Å². The number of rotatable bonds is 3. The van der Waals surface area contributed by atoms with Crippen molar-refractivity contribution in [2.75, 3.05) is 6.61 Å². The maximum atomic E-state index is 13.2. The van der Waals surface area contributed by atoms with E-state index < -0.39 is 30.1 Å². The first-order valence-corrected chi connectivity index (χ1v) is 9.17. The topological polar surface area (TPSA) is 71.1 Å². The molecule has 6 heteroatoms. The van der Waals surface area contributed by atoms with Gasteiger partial charge in [-0.1, -0.05) is 30.3 Å². The molecule has 26 heavy (non-hydrogen) atoms. The van der Waals surface area contributed by atoms with E-state index in [-0.39, 0.29) is 30.3 Å². The number of carbonyl (C=O) groups is 2. The van der Waals surface area contributed by atoms with Crippen LogP contribution in [-0.4, -0.2) is 42.6 Å². The summed E-state index contributed by atoms with van der Waals surface area (Å²) in [5.74, 6) is -2.68. The van der Waals surface area contributed by atoms with Crippen LogP contribution in [0.5, 0.6) is 0 Å². The highest BCUT2D eigenvalue weighted by atomic mass is 16.8. The van der Waals surface area contributed by atoms with E-state index in [2.05, 4.69) is 0 Å². The zero-order valence-corrected chi connectivity index (χ0v) is 15.2. The summed E-state index contributed by atoms with van der Waals surface area (Å²) in [5, 5.41) is 0. The number of esters is 1. The zero-order chi connectivity index (χ0) is 18.5. The van der Waals surface area contributed by atoms with Crippen molar-refractivity contribution in [1.82, 2.24) is 0 Å². The van der Waals surface area contributed by atoms with E-state index in [9.17, 15) is 9.59 Å². The van der Waals surface area contributed by atoms with Crippen LogP contribution in [0.1, 0.15) is 38.7 Å². The summed E-state index contributed by atoms with van der Waals surface area (Å²) >= 11 is 0. The molecule has 3 aliphatic rings. The predicted octanol–water partition coefficient (Wildman–Crippen LogP) is 2.41. The number of fused-ring (bicyclic) bond motifs is 3. The summed E-state index contributed by atoms with van der Waals surface area (Å²) in [4.78, 5) is 25.7. The first-order valence-electron chi connectivity index (χ1n) is 9.17. The summed E-state index contributed by atoms with van der Waals surface area (Å²) < 4.78 is 22.9. The Morgan fingerprint density at radius 3 is 2.65 bits per heavy atom. The highest BCUT2D eigenvalue weighted by Gasteiger charge is 2.61. The van der Waals surface area contributed by atoms with E-state index in [1.54, 1.807) is 6.92 Å². The molecule has 4 rings (SSSR count). The molecular weight excluding hydrogens is 336 g/mol. The van der Waals surface area contributed by atoms with Crippen molar-refractivity contribution in [1.29, 1.82) is 0 Å². The van der Waals surface area contributed by atoms with Crippen LogP contribution in [-0.2, 0) is 28.5 Å². The van der Waals surface area contributed by atoms with Gasteiger partial charge in [0.1, 0.15) is 18.1 Å². The standard InChI is InChI=1S/C20H24O6/c1-4-23-18(22)14-12(11-8-6-5-7-9-11)10-13-16(15(14)21)24-19-17(13)25-20(2,3)26-19/h5-9,12-14,16-17,19H,4,10H2,1-3H3/t12-,13-,14-,16+,17-,19-/m1/s1. The molecule has 1 aromatic rings. The van der Waals surface area contributed by atoms with E-state index in [0.717, 1.165) is 5.56 Å². The van der Waals surface area contributed by atoms with Gasteiger partial charge in [-0.3, -0.25) is 9.59 Å². The first-order chi connectivity index (χ1) is 12.4. The maximum Gasteiger partial charge on any atom is 0.317 e. The van der Waals surface area contributed by atoms with Crippen molar-refractivity contribution in [3.63, 3.8) is 0 Å². The molecule has 0 radical (unpaired) electrons. The Hall–Kier alpha value is -1.76. The lowest BCUT2D eigenvalue weighted by atomic mass is 9.68. The lowest BCUT2D eigenvalue weighted by Gasteiger charge is -2.37. The van der Waals surface area contributed by atoms with E-state index >= 15 is 0 Å². The summed E-state index contributed by atoms with van der Waals surface area (Å²) in [6.07, 6.45) is -0.935. The van der Waals surface area contributed by atoms with Crippen LogP contribution in [0.4, 0.5) is 0 Å². The molecule has 0 bridgehead atoms. The molecule has 2 saturated heterocycles. The van der Waals surface area contributed by atoms with E-state index in [1.165, 1.54) is 0 Å². The molecule has 0 aromatic heterocycles. The van der Waals surface area contributed by atoms with Gasteiger partial charge in [0.2, 0.25) is 0 Å². The van der Waals surface area contributed by atoms with Gasteiger partial charge >= 0.3 is 5.97 Å². The average molecular weight is 360 g/mol. The first kappa shape index (κ1) is 17.6. The Bertz CT molecular complexity index is 700. The number of hydrogen-bond acceptors (Lipinski definition) is 6. The highest BCUT2D eigenvalue weighted by Crippen LogP contribution is 2.50. The fourth-order valence-corrected chi connectivity index (χ4v) is 4.45. The van der Waals surface area contributed by atoms with Gasteiger partial charge in [-0.15, -0.1) is 0 Å². The minimum Gasteiger partial charge on any atom is -0.465 e. The van der Waals surface area contributed by atoms with Gasteiger partial charge in [-0.25, -0.2) is 0 Å². The third kappa shape index (κ3) is 2.86. The third-order valence-corrected chi connectivity index (χ3v) is 5.46. The molecule has 2 heterocycles. The third-order valence-electron chi connectivity index (χ3n) is 5.46. The van der Waals surface area contributed by atoms with Crippen molar-refractivity contribution < 1.29 is 28.5 Å². The second kappa shape index (κ2) is 6.44. The Kier molecular flexibility index (Phi) is 4.37. The predicted molar refractivity (Wildman–Crippen MR) is 91.1 cm³/mol. The van der Waals surface area contributed by atoms with Gasteiger partial charge in [-0.2, -0.15) is 0 Å². The molecule has 0 spiro atoms. The number of ketones is 1. The monoisotopic (exact) mass is 360 g/mol. The fourth-order valence-electron chi connectivity index (χ4n) is 4.45. The van der Waals surface area contributed by atoms with Gasteiger partial charge in [-0.05, 0) is 32.8 Å². The molecule has 1 saturated carbocycles. The number of Topliss-reactive ketones (excluding diaryl/α,β-unsaturated/α-hetero) is 1. The van der Waals surface area contributed by atoms with E-state index in [4.69, 9.17) is 18.9 Å². The highest BCUT2D eigenvalue weighted by molar-refractivity contribution is 6.03. The average Bonchev–Trinajstić information content (AvgIpc) is 3.08. The second-order valence-corrected chi connectivity index (χ2v) is 7.57. The van der Waals surface area contributed by atoms with Gasteiger partial charge < -0.3 is 18.9 Å². The maximum absolute atomic E-state index is 13.2. The Morgan fingerprint density at radius 1 is 1.23 bits per heavy atom. The summed E-state index contributed by atoms with van der Waals surface area (Å²) in [6.45, 7) is 5.66. The van der Waals surface area contributed by atoms with E-state index in [0.29, 0.717) is 6.42 Å². The molecule has 0 N–H and O–H groups in total. The van der Waals surface area contributed by atoms with Crippen molar-refractivity contribution in [2.24, 2.45) is 11.8 Å². The van der Waals surface area contributed by atoms with Gasteiger partial charge in [0.05, 0.1) is 6.61 Å². The van der Waals surface area contributed by atoms with Crippen molar-refractivity contribution in [3.8, 4) is 0 Å². The molecule has 0 amide bonds. The molecular formula is C20H24O6. The van der Waals surface area contributed by atoms with Crippen molar-refractivity contribution in [2.45, 2.75) is 57.4 Å². The second-order valence-electron chi connectivity index (χ2n) is 7.57. The molecule has 140 valence electrons. The normalized spacial score (nSPS) is 37.9. The lowest BCUT2D eigenvalue weighted by molar-refractivity contribution is -0.214. The van der Waals surface area contributed by atoms with E-state index in [1.807, 2.05) is 44.2 Å². The number of benzene rings is 1. The lowest BCUT2D eigenvalue weighted by Crippen LogP contribution is -2.48. The number of carbonyl (C=O) groups excluding carboxylic acids is 2. The Balaban J connectivity index is 1.67. The summed E-state index contributed by atoms with van der Waals surface area (Å²) in [6, 6.07) is 9.66. The molecule has 2 aliphatic heterocycles. The van der Waals surface area contributed by atoms with Crippen molar-refractivity contribution >= 4 is 11.8 Å². The smallest absolute Gasteiger partial charge is 0.317 e. The minimum absolute atomic E-state index is 0.134. The van der Waals surface area contributed by atoms with Gasteiger partial charge in [0.25, 0.3) is 0 Å². The van der Waals surface area contributed by atoms with Crippen LogP contribution >= 0.6 is 0 Å². The largest absolute Gasteiger partial charge is 0.465 e. The van der Waals surface area contributed by atoms with Crippen LogP contribution in [0.25, 0.3) is 0 Å². The molecule has 6 atom stereocenters.